The molecule has 3 aromatic heterocycles. The van der Waals surface area contributed by atoms with Crippen LogP contribution in [0.4, 0.5) is 0 Å². The van der Waals surface area contributed by atoms with E-state index in [0.717, 1.165) is 11.3 Å². The predicted octanol–water partition coefficient (Wildman–Crippen LogP) is 2.38. The molecule has 0 unspecified atom stereocenters. The maximum Gasteiger partial charge on any atom is 0.274 e. The highest BCUT2D eigenvalue weighted by molar-refractivity contribution is 5.74. The number of aryl methyl sites for hydroxylation is 1. The summed E-state index contributed by atoms with van der Waals surface area (Å²) in [7, 11) is 0. The number of nitrogens with zero attached hydrogens (tertiary/aromatic N) is 3. The van der Waals surface area contributed by atoms with Crippen LogP contribution < -0.4 is 15.0 Å². The molecule has 25 heavy (non-hydrogen) atoms. The minimum Gasteiger partial charge on any atom is -0.454 e. The monoisotopic (exact) mass is 336 g/mol. The molecule has 1 aliphatic heterocycles. The van der Waals surface area contributed by atoms with Crippen LogP contribution in [0, 0.1) is 6.92 Å². The third kappa shape index (κ3) is 2.11. The second-order valence-corrected chi connectivity index (χ2v) is 5.70. The molecule has 4 heterocycles. The Labute approximate surface area is 140 Å². The fourth-order valence-corrected chi connectivity index (χ4v) is 2.84. The van der Waals surface area contributed by atoms with Crippen LogP contribution in [0.5, 0.6) is 11.5 Å². The second-order valence-electron chi connectivity index (χ2n) is 5.70. The Balaban J connectivity index is 1.71. The molecule has 0 aliphatic carbocycles. The lowest BCUT2D eigenvalue weighted by Crippen LogP contribution is -2.14. The van der Waals surface area contributed by atoms with Crippen molar-refractivity contribution in [3.8, 4) is 34.2 Å². The first kappa shape index (κ1) is 13.8. The standard InChI is InChI=1S/C17H12N4O4/c1-9-7-23-17(19-9)11-6-18-21-15(22)5-12(20-16(11)21)10-2-3-13-14(4-10)25-8-24-13/h2-7,20H,8H2,1H3. The zero-order valence-corrected chi connectivity index (χ0v) is 13.1. The summed E-state index contributed by atoms with van der Waals surface area (Å²) in [6.07, 6.45) is 3.11. The van der Waals surface area contributed by atoms with Gasteiger partial charge in [0.2, 0.25) is 12.7 Å². The summed E-state index contributed by atoms with van der Waals surface area (Å²) in [4.78, 5) is 20.0. The van der Waals surface area contributed by atoms with E-state index in [2.05, 4.69) is 15.1 Å². The van der Waals surface area contributed by atoms with Gasteiger partial charge in [-0.25, -0.2) is 4.98 Å². The lowest BCUT2D eigenvalue weighted by atomic mass is 10.1. The van der Waals surface area contributed by atoms with Crippen LogP contribution >= 0.6 is 0 Å². The second kappa shape index (κ2) is 4.97. The molecule has 1 aromatic carbocycles. The lowest BCUT2D eigenvalue weighted by molar-refractivity contribution is 0.174. The van der Waals surface area contributed by atoms with E-state index in [1.54, 1.807) is 12.5 Å². The maximum absolute atomic E-state index is 12.4. The number of rotatable bonds is 2. The van der Waals surface area contributed by atoms with Gasteiger partial charge >= 0.3 is 0 Å². The van der Waals surface area contributed by atoms with E-state index in [9.17, 15) is 4.79 Å². The number of H-pyrrole nitrogens is 1. The number of aromatic amines is 1. The normalized spacial score (nSPS) is 12.8. The van der Waals surface area contributed by atoms with E-state index < -0.39 is 0 Å². The maximum atomic E-state index is 12.4. The summed E-state index contributed by atoms with van der Waals surface area (Å²) in [6.45, 7) is 2.03. The molecule has 0 saturated heterocycles. The largest absolute Gasteiger partial charge is 0.454 e. The molecule has 0 amide bonds. The number of benzene rings is 1. The predicted molar refractivity (Wildman–Crippen MR) is 87.6 cm³/mol. The van der Waals surface area contributed by atoms with E-state index in [0.29, 0.717) is 34.3 Å². The van der Waals surface area contributed by atoms with E-state index in [1.165, 1.54) is 10.6 Å². The Hall–Kier alpha value is -3.55. The summed E-state index contributed by atoms with van der Waals surface area (Å²) in [5.41, 5.74) is 3.08. The van der Waals surface area contributed by atoms with Gasteiger partial charge in [0.05, 0.1) is 17.6 Å². The van der Waals surface area contributed by atoms with Crippen molar-refractivity contribution in [3.63, 3.8) is 0 Å². The molecule has 0 spiro atoms. The lowest BCUT2D eigenvalue weighted by Gasteiger charge is -2.05. The quantitative estimate of drug-likeness (QED) is 0.604. The minimum absolute atomic E-state index is 0.199. The Kier molecular flexibility index (Phi) is 2.75. The Bertz CT molecular complexity index is 1170. The molecule has 0 atom stereocenters. The summed E-state index contributed by atoms with van der Waals surface area (Å²) in [5, 5.41) is 4.12. The molecule has 0 radical (unpaired) electrons. The number of ether oxygens (including phenoxy) is 2. The molecule has 1 N–H and O–H groups in total. The number of hydrogen-bond donors (Lipinski definition) is 1. The Morgan fingerprint density at radius 2 is 2.08 bits per heavy atom. The summed E-state index contributed by atoms with van der Waals surface area (Å²) in [6, 6.07) is 6.99. The van der Waals surface area contributed by atoms with Gasteiger partial charge < -0.3 is 18.9 Å². The fraction of sp³-hybridized carbons (Fsp3) is 0.118. The SMILES string of the molecule is Cc1coc(-c2cnn3c(=O)cc(-c4ccc5c(c4)OCO5)[nH]c23)n1. The van der Waals surface area contributed by atoms with Gasteiger partial charge in [-0.3, -0.25) is 4.79 Å². The zero-order valence-electron chi connectivity index (χ0n) is 13.1. The first-order valence-corrected chi connectivity index (χ1v) is 7.62. The number of aromatic nitrogens is 4. The van der Waals surface area contributed by atoms with Gasteiger partial charge in [-0.05, 0) is 25.1 Å². The molecular weight excluding hydrogens is 324 g/mol. The molecule has 0 fully saturated rings. The highest BCUT2D eigenvalue weighted by atomic mass is 16.7. The average Bonchev–Trinajstić information content (AvgIpc) is 3.32. The van der Waals surface area contributed by atoms with Crippen molar-refractivity contribution in [1.29, 1.82) is 0 Å². The average molecular weight is 336 g/mol. The highest BCUT2D eigenvalue weighted by Gasteiger charge is 2.17. The van der Waals surface area contributed by atoms with Crippen molar-refractivity contribution >= 4 is 5.65 Å². The van der Waals surface area contributed by atoms with Crippen molar-refractivity contribution in [1.82, 2.24) is 19.6 Å². The molecule has 124 valence electrons. The smallest absolute Gasteiger partial charge is 0.274 e. The number of oxazole rings is 1. The van der Waals surface area contributed by atoms with Crippen LogP contribution in [-0.2, 0) is 0 Å². The molecule has 0 saturated carbocycles. The van der Waals surface area contributed by atoms with E-state index >= 15 is 0 Å². The van der Waals surface area contributed by atoms with Gasteiger partial charge in [-0.1, -0.05) is 0 Å². The van der Waals surface area contributed by atoms with Crippen molar-refractivity contribution in [2.75, 3.05) is 6.79 Å². The highest BCUT2D eigenvalue weighted by Crippen LogP contribution is 2.35. The molecule has 1 aliphatic rings. The molecular formula is C17H12N4O4. The molecule has 5 rings (SSSR count). The van der Waals surface area contributed by atoms with Crippen LogP contribution in [0.3, 0.4) is 0 Å². The van der Waals surface area contributed by atoms with Crippen LogP contribution in [0.25, 0.3) is 28.4 Å². The van der Waals surface area contributed by atoms with Gasteiger partial charge in [-0.15, -0.1) is 0 Å². The van der Waals surface area contributed by atoms with E-state index in [-0.39, 0.29) is 12.4 Å². The van der Waals surface area contributed by atoms with Crippen molar-refractivity contribution in [3.05, 3.63) is 52.8 Å². The van der Waals surface area contributed by atoms with Crippen LogP contribution in [0.1, 0.15) is 5.69 Å². The van der Waals surface area contributed by atoms with Gasteiger partial charge in [0.25, 0.3) is 5.56 Å². The Morgan fingerprint density at radius 3 is 2.92 bits per heavy atom. The summed E-state index contributed by atoms with van der Waals surface area (Å²) in [5.74, 6) is 1.74. The van der Waals surface area contributed by atoms with Crippen LogP contribution in [0.15, 0.2) is 45.9 Å². The van der Waals surface area contributed by atoms with Gasteiger partial charge in [0.15, 0.2) is 17.1 Å². The van der Waals surface area contributed by atoms with Gasteiger partial charge in [0.1, 0.15) is 11.8 Å². The van der Waals surface area contributed by atoms with Crippen molar-refractivity contribution in [2.45, 2.75) is 6.92 Å². The van der Waals surface area contributed by atoms with Gasteiger partial charge in [-0.2, -0.15) is 9.61 Å². The van der Waals surface area contributed by atoms with Crippen molar-refractivity contribution < 1.29 is 13.9 Å². The third-order valence-electron chi connectivity index (χ3n) is 4.03. The Morgan fingerprint density at radius 1 is 1.20 bits per heavy atom. The minimum atomic E-state index is -0.254. The van der Waals surface area contributed by atoms with Crippen LogP contribution in [0.2, 0.25) is 0 Å². The summed E-state index contributed by atoms with van der Waals surface area (Å²) < 4.78 is 17.4. The first-order chi connectivity index (χ1) is 12.2. The molecule has 8 nitrogen and oxygen atoms in total. The van der Waals surface area contributed by atoms with Crippen LogP contribution in [-0.4, -0.2) is 26.4 Å². The first-order valence-electron chi connectivity index (χ1n) is 7.62. The molecule has 8 heteroatoms. The third-order valence-corrected chi connectivity index (χ3v) is 4.03. The zero-order chi connectivity index (χ0) is 17.0. The van der Waals surface area contributed by atoms with E-state index in [4.69, 9.17) is 13.9 Å². The fourth-order valence-electron chi connectivity index (χ4n) is 2.84. The van der Waals surface area contributed by atoms with E-state index in [1.807, 2.05) is 25.1 Å². The van der Waals surface area contributed by atoms with Gasteiger partial charge in [0, 0.05) is 11.6 Å². The summed E-state index contributed by atoms with van der Waals surface area (Å²) >= 11 is 0. The van der Waals surface area contributed by atoms with Crippen molar-refractivity contribution in [2.24, 2.45) is 0 Å². The number of nitrogens with one attached hydrogen (secondary N) is 1. The number of fused-ring (bicyclic) bond motifs is 2. The molecule has 0 bridgehead atoms. The topological polar surface area (TPSA) is 94.7 Å². The molecule has 4 aromatic rings. The number of hydrogen-bond acceptors (Lipinski definition) is 6.